The standard InChI is InChI=1S/C17H18ClFN6O3/c18-14-12(19)13-11(3-20-14)15(22-16(21-13)24-6-10(26)7-24)23-4-8-1-2-9(5-23)25(8)17(27)28/h3,8-10,26H,1-2,4-7H2,(H,27,28)/t8-,9+. The number of halogens is 2. The maximum absolute atomic E-state index is 14.7. The summed E-state index contributed by atoms with van der Waals surface area (Å²) in [5.41, 5.74) is 0.0781. The van der Waals surface area contributed by atoms with Crippen molar-refractivity contribution in [3.8, 4) is 0 Å². The minimum Gasteiger partial charge on any atom is -0.465 e. The molecule has 2 atom stereocenters. The zero-order valence-corrected chi connectivity index (χ0v) is 15.5. The predicted octanol–water partition coefficient (Wildman–Crippen LogP) is 1.33. The van der Waals surface area contributed by atoms with Gasteiger partial charge in [-0.2, -0.15) is 4.98 Å². The molecule has 148 valence electrons. The van der Waals surface area contributed by atoms with Crippen LogP contribution in [0.15, 0.2) is 6.20 Å². The Kier molecular flexibility index (Phi) is 3.95. The van der Waals surface area contributed by atoms with Crippen LogP contribution in [0.25, 0.3) is 10.9 Å². The van der Waals surface area contributed by atoms with Gasteiger partial charge in [0.05, 0.1) is 23.6 Å². The maximum Gasteiger partial charge on any atom is 0.407 e. The molecule has 0 unspecified atom stereocenters. The van der Waals surface area contributed by atoms with E-state index in [1.807, 2.05) is 4.90 Å². The average molecular weight is 409 g/mol. The minimum atomic E-state index is -0.908. The zero-order valence-electron chi connectivity index (χ0n) is 14.8. The number of aliphatic hydroxyl groups is 1. The van der Waals surface area contributed by atoms with E-state index in [2.05, 4.69) is 15.0 Å². The van der Waals surface area contributed by atoms with Crippen molar-refractivity contribution in [1.82, 2.24) is 19.9 Å². The Morgan fingerprint density at radius 3 is 2.43 bits per heavy atom. The van der Waals surface area contributed by atoms with Crippen molar-refractivity contribution in [2.75, 3.05) is 36.0 Å². The second-order valence-electron chi connectivity index (χ2n) is 7.51. The van der Waals surface area contributed by atoms with E-state index in [-0.39, 0.29) is 22.8 Å². The summed E-state index contributed by atoms with van der Waals surface area (Å²) in [5, 5.41) is 19.2. The van der Waals surface area contributed by atoms with Gasteiger partial charge in [-0.05, 0) is 12.8 Å². The number of nitrogens with zero attached hydrogens (tertiary/aromatic N) is 6. The van der Waals surface area contributed by atoms with Crippen LogP contribution < -0.4 is 9.80 Å². The van der Waals surface area contributed by atoms with E-state index in [1.165, 1.54) is 11.1 Å². The molecule has 3 fully saturated rings. The van der Waals surface area contributed by atoms with Gasteiger partial charge in [0.2, 0.25) is 5.95 Å². The van der Waals surface area contributed by atoms with Crippen molar-refractivity contribution in [1.29, 1.82) is 0 Å². The third kappa shape index (κ3) is 2.62. The lowest BCUT2D eigenvalue weighted by atomic mass is 10.1. The molecule has 11 heteroatoms. The third-order valence-corrected chi connectivity index (χ3v) is 6.02. The van der Waals surface area contributed by atoms with Crippen molar-refractivity contribution >= 4 is 40.4 Å². The highest BCUT2D eigenvalue weighted by Gasteiger charge is 2.43. The first kappa shape index (κ1) is 17.6. The lowest BCUT2D eigenvalue weighted by Crippen LogP contribution is -2.56. The molecule has 0 radical (unpaired) electrons. The number of hydrogen-bond donors (Lipinski definition) is 2. The fourth-order valence-electron chi connectivity index (χ4n) is 4.40. The topological polar surface area (TPSA) is 106 Å². The van der Waals surface area contributed by atoms with Crippen molar-refractivity contribution in [2.45, 2.75) is 31.0 Å². The Hall–Kier alpha value is -2.46. The van der Waals surface area contributed by atoms with Crippen LogP contribution in [0.5, 0.6) is 0 Å². The number of pyridine rings is 1. The number of carbonyl (C=O) groups is 1. The number of β-amino-alcohol motifs (C(OH)–C–C–N with tert-alkyl or cyclic N) is 1. The second-order valence-corrected chi connectivity index (χ2v) is 7.87. The van der Waals surface area contributed by atoms with Crippen molar-refractivity contribution < 1.29 is 19.4 Å². The molecule has 1 amide bonds. The second kappa shape index (κ2) is 6.28. The summed E-state index contributed by atoms with van der Waals surface area (Å²) in [7, 11) is 0. The molecule has 3 aliphatic heterocycles. The summed E-state index contributed by atoms with van der Waals surface area (Å²) in [6.07, 6.45) is 1.68. The molecule has 0 aromatic carbocycles. The highest BCUT2D eigenvalue weighted by atomic mass is 35.5. The molecular weight excluding hydrogens is 391 g/mol. The lowest BCUT2D eigenvalue weighted by molar-refractivity contribution is 0.114. The molecule has 2 bridgehead atoms. The molecule has 5 heterocycles. The summed E-state index contributed by atoms with van der Waals surface area (Å²) in [6.45, 7) is 1.70. The highest BCUT2D eigenvalue weighted by Crippen LogP contribution is 2.36. The molecule has 2 N–H and O–H groups in total. The third-order valence-electron chi connectivity index (χ3n) is 5.76. The Bertz CT molecular complexity index is 958. The lowest BCUT2D eigenvalue weighted by Gasteiger charge is -2.41. The Morgan fingerprint density at radius 1 is 1.14 bits per heavy atom. The maximum atomic E-state index is 14.7. The molecular formula is C17H18ClFN6O3. The number of rotatable bonds is 2. The van der Waals surface area contributed by atoms with Gasteiger partial charge in [0.15, 0.2) is 11.0 Å². The van der Waals surface area contributed by atoms with Crippen LogP contribution in [0.4, 0.5) is 21.0 Å². The summed E-state index contributed by atoms with van der Waals surface area (Å²) < 4.78 is 14.7. The molecule has 28 heavy (non-hydrogen) atoms. The molecule has 0 saturated carbocycles. The smallest absolute Gasteiger partial charge is 0.407 e. The molecule has 2 aromatic heterocycles. The first-order valence-electron chi connectivity index (χ1n) is 9.13. The minimum absolute atomic E-state index is 0.0781. The van der Waals surface area contributed by atoms with Gasteiger partial charge in [0.1, 0.15) is 11.3 Å². The van der Waals surface area contributed by atoms with Crippen molar-refractivity contribution in [3.63, 3.8) is 0 Å². The van der Waals surface area contributed by atoms with E-state index in [0.717, 1.165) is 12.8 Å². The van der Waals surface area contributed by atoms with E-state index in [4.69, 9.17) is 11.6 Å². The molecule has 3 aliphatic rings. The van der Waals surface area contributed by atoms with Crippen LogP contribution in [0.2, 0.25) is 5.15 Å². The van der Waals surface area contributed by atoms with Crippen LogP contribution in [0.3, 0.4) is 0 Å². The summed E-state index contributed by atoms with van der Waals surface area (Å²) in [5.74, 6) is 0.130. The molecule has 3 saturated heterocycles. The van der Waals surface area contributed by atoms with Crippen molar-refractivity contribution in [2.24, 2.45) is 0 Å². The SMILES string of the molecule is O=C(O)N1[C@@H]2CC[C@H]1CN(c1nc(N3CC(O)C3)nc3c(F)c(Cl)ncc13)C2. The van der Waals surface area contributed by atoms with Crippen LogP contribution >= 0.6 is 11.6 Å². The van der Waals surface area contributed by atoms with E-state index < -0.39 is 18.0 Å². The van der Waals surface area contributed by atoms with Crippen LogP contribution in [0, 0.1) is 5.82 Å². The van der Waals surface area contributed by atoms with E-state index >= 15 is 0 Å². The largest absolute Gasteiger partial charge is 0.465 e. The van der Waals surface area contributed by atoms with Crippen LogP contribution in [0.1, 0.15) is 12.8 Å². The highest BCUT2D eigenvalue weighted by molar-refractivity contribution is 6.30. The number of hydrogen-bond acceptors (Lipinski definition) is 7. The molecule has 9 nitrogen and oxygen atoms in total. The van der Waals surface area contributed by atoms with Gasteiger partial charge in [0, 0.05) is 32.4 Å². The van der Waals surface area contributed by atoms with Gasteiger partial charge in [-0.1, -0.05) is 11.6 Å². The Labute approximate surface area is 164 Å². The van der Waals surface area contributed by atoms with Crippen molar-refractivity contribution in [3.05, 3.63) is 17.2 Å². The van der Waals surface area contributed by atoms with Gasteiger partial charge in [0.25, 0.3) is 0 Å². The molecule has 0 aliphatic carbocycles. The average Bonchev–Trinajstić information content (AvgIpc) is 2.92. The van der Waals surface area contributed by atoms with E-state index in [1.54, 1.807) is 4.90 Å². The first-order chi connectivity index (χ1) is 13.4. The van der Waals surface area contributed by atoms with Crippen LogP contribution in [-0.4, -0.2) is 80.5 Å². The van der Waals surface area contributed by atoms with Gasteiger partial charge >= 0.3 is 6.09 Å². The Balaban J connectivity index is 1.59. The Morgan fingerprint density at radius 2 is 1.82 bits per heavy atom. The summed E-state index contributed by atoms with van der Waals surface area (Å²) in [4.78, 5) is 29.7. The quantitative estimate of drug-likeness (QED) is 0.717. The van der Waals surface area contributed by atoms with Gasteiger partial charge in [-0.25, -0.2) is 19.2 Å². The van der Waals surface area contributed by atoms with Gasteiger partial charge in [-0.3, -0.25) is 4.90 Å². The number of piperazine rings is 1. The number of aromatic nitrogens is 3. The van der Waals surface area contributed by atoms with E-state index in [0.29, 0.717) is 43.3 Å². The number of amides is 1. The molecule has 5 rings (SSSR count). The van der Waals surface area contributed by atoms with Gasteiger partial charge in [-0.15, -0.1) is 0 Å². The van der Waals surface area contributed by atoms with Gasteiger partial charge < -0.3 is 20.0 Å². The first-order valence-corrected chi connectivity index (χ1v) is 9.51. The summed E-state index contributed by atoms with van der Waals surface area (Å²) >= 11 is 5.85. The number of fused-ring (bicyclic) bond motifs is 3. The normalized spacial score (nSPS) is 24.8. The molecule has 2 aromatic rings. The number of carboxylic acid groups (broad SMARTS) is 1. The molecule has 0 spiro atoms. The predicted molar refractivity (Wildman–Crippen MR) is 99.4 cm³/mol. The number of anilines is 2. The fourth-order valence-corrected chi connectivity index (χ4v) is 4.54. The fraction of sp³-hybridized carbons (Fsp3) is 0.529. The van der Waals surface area contributed by atoms with E-state index in [9.17, 15) is 19.4 Å². The summed E-state index contributed by atoms with van der Waals surface area (Å²) in [6, 6.07) is -0.249. The monoisotopic (exact) mass is 408 g/mol. The van der Waals surface area contributed by atoms with Crippen LogP contribution in [-0.2, 0) is 0 Å². The zero-order chi connectivity index (χ0) is 19.6. The number of aliphatic hydroxyl groups excluding tert-OH is 1.